The molecule has 0 aromatic heterocycles. The van der Waals surface area contributed by atoms with Gasteiger partial charge in [0.2, 0.25) is 11.8 Å². The van der Waals surface area contributed by atoms with E-state index >= 15 is 0 Å². The van der Waals surface area contributed by atoms with Crippen LogP contribution >= 0.6 is 0 Å². The maximum atomic E-state index is 12.3. The first-order valence-electron chi connectivity index (χ1n) is 7.77. The van der Waals surface area contributed by atoms with E-state index in [0.717, 1.165) is 51.5 Å². The summed E-state index contributed by atoms with van der Waals surface area (Å²) in [6.07, 6.45) is 13.7. The maximum absolute atomic E-state index is 12.3. The van der Waals surface area contributed by atoms with Crippen molar-refractivity contribution in [2.75, 3.05) is 6.54 Å². The van der Waals surface area contributed by atoms with E-state index in [1.54, 1.807) is 0 Å². The molecule has 0 bridgehead atoms. The highest BCUT2D eigenvalue weighted by molar-refractivity contribution is 6.05. The molecule has 1 atom stereocenters. The topological polar surface area (TPSA) is 49.4 Å². The molecule has 20 heavy (non-hydrogen) atoms. The Hall–Kier alpha value is -1.34. The van der Waals surface area contributed by atoms with Gasteiger partial charge in [-0.15, -0.1) is 12.3 Å². The summed E-state index contributed by atoms with van der Waals surface area (Å²) < 4.78 is 0. The summed E-state index contributed by atoms with van der Waals surface area (Å²) in [7, 11) is 0. The summed E-state index contributed by atoms with van der Waals surface area (Å²) >= 11 is 0. The predicted octanol–water partition coefficient (Wildman–Crippen LogP) is 1.84. The third-order valence-electron chi connectivity index (χ3n) is 4.26. The van der Waals surface area contributed by atoms with E-state index in [4.69, 9.17) is 6.42 Å². The molecule has 0 spiro atoms. The van der Waals surface area contributed by atoms with E-state index in [1.807, 2.05) is 0 Å². The number of terminal acetylenes is 1. The Morgan fingerprint density at radius 1 is 1.20 bits per heavy atom. The van der Waals surface area contributed by atoms with Crippen molar-refractivity contribution in [3.8, 4) is 12.3 Å². The SMILES string of the molecule is C#CCCCCNC1CC(=O)N(C2CCCCC2)C1=O. The molecule has 0 aromatic carbocycles. The van der Waals surface area contributed by atoms with E-state index in [-0.39, 0.29) is 23.9 Å². The van der Waals surface area contributed by atoms with Crippen LogP contribution in [0.4, 0.5) is 0 Å². The van der Waals surface area contributed by atoms with Crippen LogP contribution in [-0.2, 0) is 9.59 Å². The molecule has 2 aliphatic rings. The molecular weight excluding hydrogens is 252 g/mol. The molecule has 1 heterocycles. The molecule has 1 N–H and O–H groups in total. The van der Waals surface area contributed by atoms with Gasteiger partial charge in [0.25, 0.3) is 0 Å². The van der Waals surface area contributed by atoms with E-state index in [0.29, 0.717) is 6.42 Å². The van der Waals surface area contributed by atoms with Crippen molar-refractivity contribution >= 4 is 11.8 Å². The average molecular weight is 276 g/mol. The van der Waals surface area contributed by atoms with Gasteiger partial charge in [-0.05, 0) is 32.2 Å². The Bertz CT molecular complexity index is 394. The van der Waals surface area contributed by atoms with Crippen LogP contribution in [0, 0.1) is 12.3 Å². The van der Waals surface area contributed by atoms with Gasteiger partial charge in [0, 0.05) is 12.5 Å². The lowest BCUT2D eigenvalue weighted by Crippen LogP contribution is -2.44. The van der Waals surface area contributed by atoms with Crippen molar-refractivity contribution < 1.29 is 9.59 Å². The highest BCUT2D eigenvalue weighted by atomic mass is 16.2. The molecular formula is C16H24N2O2. The highest BCUT2D eigenvalue weighted by Crippen LogP contribution is 2.27. The summed E-state index contributed by atoms with van der Waals surface area (Å²) in [5.41, 5.74) is 0. The van der Waals surface area contributed by atoms with Crippen LogP contribution in [0.1, 0.15) is 57.8 Å². The van der Waals surface area contributed by atoms with Gasteiger partial charge in [-0.3, -0.25) is 14.5 Å². The van der Waals surface area contributed by atoms with Gasteiger partial charge in [0.1, 0.15) is 0 Å². The third-order valence-corrected chi connectivity index (χ3v) is 4.26. The number of nitrogens with zero attached hydrogens (tertiary/aromatic N) is 1. The largest absolute Gasteiger partial charge is 0.305 e. The minimum absolute atomic E-state index is 0.00280. The Balaban J connectivity index is 1.80. The number of nitrogens with one attached hydrogen (secondary N) is 1. The first-order valence-corrected chi connectivity index (χ1v) is 7.77. The summed E-state index contributed by atoms with van der Waals surface area (Å²) in [4.78, 5) is 26.0. The number of carbonyl (C=O) groups is 2. The predicted molar refractivity (Wildman–Crippen MR) is 77.8 cm³/mol. The van der Waals surface area contributed by atoms with Crippen LogP contribution in [0.2, 0.25) is 0 Å². The number of carbonyl (C=O) groups excluding carboxylic acids is 2. The molecule has 0 radical (unpaired) electrons. The number of amides is 2. The number of likely N-dealkylation sites (tertiary alicyclic amines) is 1. The van der Waals surface area contributed by atoms with Crippen molar-refractivity contribution in [2.45, 2.75) is 69.9 Å². The number of imide groups is 1. The van der Waals surface area contributed by atoms with Crippen LogP contribution in [0.15, 0.2) is 0 Å². The van der Waals surface area contributed by atoms with Gasteiger partial charge in [-0.2, -0.15) is 0 Å². The van der Waals surface area contributed by atoms with Gasteiger partial charge in [-0.1, -0.05) is 19.3 Å². The quantitative estimate of drug-likeness (QED) is 0.457. The summed E-state index contributed by atoms with van der Waals surface area (Å²) in [5, 5.41) is 3.21. The zero-order valence-corrected chi connectivity index (χ0v) is 12.1. The van der Waals surface area contributed by atoms with E-state index in [2.05, 4.69) is 11.2 Å². The minimum atomic E-state index is -0.310. The molecule has 2 rings (SSSR count). The van der Waals surface area contributed by atoms with Crippen molar-refractivity contribution in [3.05, 3.63) is 0 Å². The number of rotatable bonds is 6. The average Bonchev–Trinajstić information content (AvgIpc) is 2.74. The van der Waals surface area contributed by atoms with Crippen molar-refractivity contribution in [1.29, 1.82) is 0 Å². The second-order valence-corrected chi connectivity index (χ2v) is 5.77. The van der Waals surface area contributed by atoms with Gasteiger partial charge in [0.15, 0.2) is 0 Å². The lowest BCUT2D eigenvalue weighted by atomic mass is 9.94. The normalized spacial score (nSPS) is 24.1. The first-order chi connectivity index (χ1) is 9.74. The van der Waals surface area contributed by atoms with Gasteiger partial charge < -0.3 is 5.32 Å². The van der Waals surface area contributed by atoms with Crippen molar-refractivity contribution in [3.63, 3.8) is 0 Å². The summed E-state index contributed by atoms with van der Waals surface area (Å²) in [6.45, 7) is 0.754. The lowest BCUT2D eigenvalue weighted by Gasteiger charge is -2.29. The molecule has 1 saturated heterocycles. The number of hydrogen-bond donors (Lipinski definition) is 1. The maximum Gasteiger partial charge on any atom is 0.247 e. The van der Waals surface area contributed by atoms with E-state index in [9.17, 15) is 9.59 Å². The van der Waals surface area contributed by atoms with Crippen molar-refractivity contribution in [1.82, 2.24) is 10.2 Å². The van der Waals surface area contributed by atoms with Crippen LogP contribution in [0.5, 0.6) is 0 Å². The zero-order valence-electron chi connectivity index (χ0n) is 12.1. The molecule has 0 aromatic rings. The van der Waals surface area contributed by atoms with Crippen LogP contribution in [-0.4, -0.2) is 35.3 Å². The Morgan fingerprint density at radius 2 is 1.95 bits per heavy atom. The van der Waals surface area contributed by atoms with E-state index in [1.165, 1.54) is 11.3 Å². The molecule has 4 nitrogen and oxygen atoms in total. The molecule has 2 fully saturated rings. The molecule has 1 saturated carbocycles. The van der Waals surface area contributed by atoms with Gasteiger partial charge in [-0.25, -0.2) is 0 Å². The third kappa shape index (κ3) is 3.61. The van der Waals surface area contributed by atoms with Crippen molar-refractivity contribution in [2.24, 2.45) is 0 Å². The molecule has 1 unspecified atom stereocenters. The Labute approximate surface area is 121 Å². The fourth-order valence-corrected chi connectivity index (χ4v) is 3.16. The molecule has 1 aliphatic heterocycles. The Kier molecular flexibility index (Phi) is 5.60. The summed E-state index contributed by atoms with van der Waals surface area (Å²) in [6, 6.07) is -0.160. The number of hydrogen-bond acceptors (Lipinski definition) is 3. The monoisotopic (exact) mass is 276 g/mol. The molecule has 110 valence electrons. The standard InChI is InChI=1S/C16H24N2O2/c1-2-3-4-8-11-17-14-12-15(19)18(16(14)20)13-9-6-5-7-10-13/h1,13-14,17H,3-12H2. The highest BCUT2D eigenvalue weighted by Gasteiger charge is 2.41. The van der Waals surface area contributed by atoms with Crippen LogP contribution in [0.3, 0.4) is 0 Å². The lowest BCUT2D eigenvalue weighted by molar-refractivity contribution is -0.142. The minimum Gasteiger partial charge on any atom is -0.305 e. The van der Waals surface area contributed by atoms with Gasteiger partial charge in [0.05, 0.1) is 12.5 Å². The fraction of sp³-hybridized carbons (Fsp3) is 0.750. The fourth-order valence-electron chi connectivity index (χ4n) is 3.16. The molecule has 4 heteroatoms. The zero-order chi connectivity index (χ0) is 14.4. The number of unbranched alkanes of at least 4 members (excludes halogenated alkanes) is 2. The van der Waals surface area contributed by atoms with E-state index < -0.39 is 0 Å². The summed E-state index contributed by atoms with van der Waals surface area (Å²) in [5.74, 6) is 2.59. The second kappa shape index (κ2) is 7.44. The molecule has 2 amide bonds. The van der Waals surface area contributed by atoms with Crippen LogP contribution in [0.25, 0.3) is 0 Å². The Morgan fingerprint density at radius 3 is 2.65 bits per heavy atom. The second-order valence-electron chi connectivity index (χ2n) is 5.77. The van der Waals surface area contributed by atoms with Gasteiger partial charge >= 0.3 is 0 Å². The molecule has 1 aliphatic carbocycles. The first kappa shape index (κ1) is 15.1. The van der Waals surface area contributed by atoms with Crippen LogP contribution < -0.4 is 5.32 Å². The smallest absolute Gasteiger partial charge is 0.247 e.